The second kappa shape index (κ2) is 5.91. The number of carbonyl (C=O) groups excluding carboxylic acids is 1. The molecule has 1 saturated heterocycles. The minimum Gasteiger partial charge on any atom is -0.337 e. The molecule has 0 radical (unpaired) electrons. The number of halogens is 1. The standard InChI is InChI=1S/C13H18FN3O/c1-17(11-3-2-7-15-8-6-11)13(18)12-5-4-10(14)9-16-12/h4-5,9,11,15H,2-3,6-8H2,1H3. The van der Waals surface area contributed by atoms with E-state index in [0.29, 0.717) is 5.69 Å². The van der Waals surface area contributed by atoms with Crippen LogP contribution in [-0.2, 0) is 0 Å². The Morgan fingerprint density at radius 1 is 1.44 bits per heavy atom. The average Bonchev–Trinajstić information content (AvgIpc) is 2.67. The van der Waals surface area contributed by atoms with Crippen molar-refractivity contribution in [2.24, 2.45) is 0 Å². The lowest BCUT2D eigenvalue weighted by Crippen LogP contribution is -2.38. The van der Waals surface area contributed by atoms with Crippen molar-refractivity contribution in [2.75, 3.05) is 20.1 Å². The molecule has 0 bridgehead atoms. The van der Waals surface area contributed by atoms with Gasteiger partial charge in [-0.2, -0.15) is 0 Å². The fourth-order valence-electron chi connectivity index (χ4n) is 2.24. The zero-order chi connectivity index (χ0) is 13.0. The lowest BCUT2D eigenvalue weighted by molar-refractivity contribution is 0.0714. The molecule has 2 heterocycles. The van der Waals surface area contributed by atoms with Gasteiger partial charge in [0.05, 0.1) is 6.20 Å². The van der Waals surface area contributed by atoms with Crippen molar-refractivity contribution < 1.29 is 9.18 Å². The first-order valence-corrected chi connectivity index (χ1v) is 6.28. The summed E-state index contributed by atoms with van der Waals surface area (Å²) in [7, 11) is 1.79. The molecule has 18 heavy (non-hydrogen) atoms. The first kappa shape index (κ1) is 13.0. The van der Waals surface area contributed by atoms with Crippen LogP contribution in [0.4, 0.5) is 4.39 Å². The van der Waals surface area contributed by atoms with E-state index in [9.17, 15) is 9.18 Å². The van der Waals surface area contributed by atoms with Crippen LogP contribution in [0.3, 0.4) is 0 Å². The molecular formula is C13H18FN3O. The smallest absolute Gasteiger partial charge is 0.272 e. The summed E-state index contributed by atoms with van der Waals surface area (Å²) in [5.41, 5.74) is 0.302. The summed E-state index contributed by atoms with van der Waals surface area (Å²) in [6, 6.07) is 2.94. The third-order valence-corrected chi connectivity index (χ3v) is 3.36. The Balaban J connectivity index is 2.05. The molecule has 1 aliphatic rings. The summed E-state index contributed by atoms with van der Waals surface area (Å²) in [6.45, 7) is 1.94. The van der Waals surface area contributed by atoms with Crippen LogP contribution in [0.5, 0.6) is 0 Å². The molecule has 1 amide bonds. The van der Waals surface area contributed by atoms with Crippen molar-refractivity contribution in [1.82, 2.24) is 15.2 Å². The van der Waals surface area contributed by atoms with Crippen LogP contribution in [0.2, 0.25) is 0 Å². The highest BCUT2D eigenvalue weighted by molar-refractivity contribution is 5.92. The van der Waals surface area contributed by atoms with Gasteiger partial charge in [-0.15, -0.1) is 0 Å². The Morgan fingerprint density at radius 2 is 2.28 bits per heavy atom. The fourth-order valence-corrected chi connectivity index (χ4v) is 2.24. The van der Waals surface area contributed by atoms with Gasteiger partial charge in [0, 0.05) is 13.1 Å². The van der Waals surface area contributed by atoms with Crippen LogP contribution < -0.4 is 5.32 Å². The van der Waals surface area contributed by atoms with E-state index in [4.69, 9.17) is 0 Å². The molecule has 1 aliphatic heterocycles. The molecule has 4 nitrogen and oxygen atoms in total. The maximum absolute atomic E-state index is 12.8. The highest BCUT2D eigenvalue weighted by Crippen LogP contribution is 2.14. The van der Waals surface area contributed by atoms with Gasteiger partial charge in [0.25, 0.3) is 5.91 Å². The van der Waals surface area contributed by atoms with Gasteiger partial charge in [-0.05, 0) is 44.5 Å². The van der Waals surface area contributed by atoms with Gasteiger partial charge in [0.2, 0.25) is 0 Å². The maximum Gasteiger partial charge on any atom is 0.272 e. The highest BCUT2D eigenvalue weighted by atomic mass is 19.1. The number of nitrogens with zero attached hydrogens (tertiary/aromatic N) is 2. The van der Waals surface area contributed by atoms with Gasteiger partial charge in [-0.1, -0.05) is 0 Å². The summed E-state index contributed by atoms with van der Waals surface area (Å²) in [6.07, 6.45) is 4.09. The van der Waals surface area contributed by atoms with Crippen LogP contribution in [0, 0.1) is 5.82 Å². The van der Waals surface area contributed by atoms with Crippen molar-refractivity contribution in [3.63, 3.8) is 0 Å². The van der Waals surface area contributed by atoms with Crippen molar-refractivity contribution in [3.05, 3.63) is 29.8 Å². The molecule has 0 spiro atoms. The predicted molar refractivity (Wildman–Crippen MR) is 66.8 cm³/mol. The van der Waals surface area contributed by atoms with Crippen molar-refractivity contribution >= 4 is 5.91 Å². The molecule has 1 aromatic heterocycles. The van der Waals surface area contributed by atoms with Crippen LogP contribution in [-0.4, -0.2) is 42.0 Å². The number of amides is 1. The normalized spacial score (nSPS) is 20.2. The predicted octanol–water partition coefficient (Wildman–Crippen LogP) is 1.43. The van der Waals surface area contributed by atoms with E-state index in [0.717, 1.165) is 38.5 Å². The second-order valence-electron chi connectivity index (χ2n) is 4.61. The molecule has 1 unspecified atom stereocenters. The maximum atomic E-state index is 12.8. The number of aromatic nitrogens is 1. The van der Waals surface area contributed by atoms with E-state index < -0.39 is 5.82 Å². The molecule has 1 aromatic rings. The second-order valence-corrected chi connectivity index (χ2v) is 4.61. The first-order chi connectivity index (χ1) is 8.68. The average molecular weight is 251 g/mol. The minimum absolute atomic E-state index is 0.137. The molecule has 1 fully saturated rings. The van der Waals surface area contributed by atoms with Gasteiger partial charge in [0.15, 0.2) is 0 Å². The molecule has 98 valence electrons. The zero-order valence-electron chi connectivity index (χ0n) is 10.5. The van der Waals surface area contributed by atoms with Crippen molar-refractivity contribution in [1.29, 1.82) is 0 Å². The summed E-state index contributed by atoms with van der Waals surface area (Å²) in [4.78, 5) is 17.8. The van der Waals surface area contributed by atoms with E-state index in [1.54, 1.807) is 11.9 Å². The summed E-state index contributed by atoms with van der Waals surface area (Å²) in [5, 5.41) is 3.32. The van der Waals surface area contributed by atoms with Crippen LogP contribution in [0.15, 0.2) is 18.3 Å². The van der Waals surface area contributed by atoms with Gasteiger partial charge >= 0.3 is 0 Å². The number of pyridine rings is 1. The zero-order valence-corrected chi connectivity index (χ0v) is 10.5. The van der Waals surface area contributed by atoms with Crippen LogP contribution in [0.1, 0.15) is 29.8 Å². The molecular weight excluding hydrogens is 233 g/mol. The van der Waals surface area contributed by atoms with Crippen LogP contribution >= 0.6 is 0 Å². The lowest BCUT2D eigenvalue weighted by Gasteiger charge is -2.26. The summed E-state index contributed by atoms with van der Waals surface area (Å²) >= 11 is 0. The number of hydrogen-bond donors (Lipinski definition) is 1. The first-order valence-electron chi connectivity index (χ1n) is 6.28. The fraction of sp³-hybridized carbons (Fsp3) is 0.538. The Labute approximate surface area is 106 Å². The highest BCUT2D eigenvalue weighted by Gasteiger charge is 2.22. The summed E-state index contributed by atoms with van der Waals surface area (Å²) in [5.74, 6) is -0.560. The van der Waals surface area contributed by atoms with E-state index in [-0.39, 0.29) is 11.9 Å². The van der Waals surface area contributed by atoms with E-state index >= 15 is 0 Å². The Hall–Kier alpha value is -1.49. The topological polar surface area (TPSA) is 45.2 Å². The molecule has 1 atom stereocenters. The molecule has 2 rings (SSSR count). The van der Waals surface area contributed by atoms with E-state index in [2.05, 4.69) is 10.3 Å². The molecule has 0 aromatic carbocycles. The molecule has 5 heteroatoms. The Morgan fingerprint density at radius 3 is 3.00 bits per heavy atom. The largest absolute Gasteiger partial charge is 0.337 e. The Kier molecular flexibility index (Phi) is 4.25. The molecule has 1 N–H and O–H groups in total. The van der Waals surface area contributed by atoms with Crippen molar-refractivity contribution in [3.8, 4) is 0 Å². The number of carbonyl (C=O) groups is 1. The lowest BCUT2D eigenvalue weighted by atomic mass is 10.1. The number of rotatable bonds is 2. The minimum atomic E-state index is -0.423. The SMILES string of the molecule is CN(C(=O)c1ccc(F)cn1)C1CCCNCC1. The molecule has 0 aliphatic carbocycles. The monoisotopic (exact) mass is 251 g/mol. The number of nitrogens with one attached hydrogen (secondary N) is 1. The van der Waals surface area contributed by atoms with Gasteiger partial charge in [-0.3, -0.25) is 4.79 Å². The Bertz CT molecular complexity index is 399. The quantitative estimate of drug-likeness (QED) is 0.865. The van der Waals surface area contributed by atoms with Gasteiger partial charge in [-0.25, -0.2) is 9.37 Å². The van der Waals surface area contributed by atoms with Gasteiger partial charge < -0.3 is 10.2 Å². The number of hydrogen-bond acceptors (Lipinski definition) is 3. The van der Waals surface area contributed by atoms with E-state index in [1.807, 2.05) is 0 Å². The van der Waals surface area contributed by atoms with Gasteiger partial charge in [0.1, 0.15) is 11.5 Å². The summed E-state index contributed by atoms with van der Waals surface area (Å²) < 4.78 is 12.8. The van der Waals surface area contributed by atoms with Crippen molar-refractivity contribution in [2.45, 2.75) is 25.3 Å². The third-order valence-electron chi connectivity index (χ3n) is 3.36. The molecule has 0 saturated carbocycles. The third kappa shape index (κ3) is 3.04. The van der Waals surface area contributed by atoms with Crippen LogP contribution in [0.25, 0.3) is 0 Å². The van der Waals surface area contributed by atoms with E-state index in [1.165, 1.54) is 12.1 Å².